The zero-order valence-electron chi connectivity index (χ0n) is 5.16. The van der Waals surface area contributed by atoms with Gasteiger partial charge in [0.1, 0.15) is 17.3 Å². The molecule has 4 nitrogen and oxygen atoms in total. The van der Waals surface area contributed by atoms with Crippen LogP contribution in [0.15, 0.2) is 21.5 Å². The summed E-state index contributed by atoms with van der Waals surface area (Å²) in [5, 5.41) is 15.3. The third-order valence-corrected chi connectivity index (χ3v) is 1.65. The fourth-order valence-corrected chi connectivity index (χ4v) is 0.828. The van der Waals surface area contributed by atoms with Gasteiger partial charge in [0, 0.05) is 5.57 Å². The van der Waals surface area contributed by atoms with E-state index in [1.54, 1.807) is 6.92 Å². The lowest BCUT2D eigenvalue weighted by molar-refractivity contribution is 0.701. The van der Waals surface area contributed by atoms with Crippen LogP contribution >= 0.6 is 0 Å². The summed E-state index contributed by atoms with van der Waals surface area (Å²) in [6.45, 7) is 1.65. The summed E-state index contributed by atoms with van der Waals surface area (Å²) in [5.74, 6) is 0. The maximum Gasteiger partial charge on any atom is 0.184 e. The molecule has 0 radical (unpaired) electrons. The molecular weight excluding hydrogens is 150 g/mol. The molecule has 1 heterocycles. The van der Waals surface area contributed by atoms with Gasteiger partial charge in [-0.15, -0.1) is 10.2 Å². The number of allylic oxidation sites excluding steroid dienone is 1. The molecular formula is C5H3N3OS. The molecule has 0 atom stereocenters. The summed E-state index contributed by atoms with van der Waals surface area (Å²) >= 11 is 0.257. The first-order chi connectivity index (χ1) is 4.79. The smallest absolute Gasteiger partial charge is 0.184 e. The third-order valence-electron chi connectivity index (χ3n) is 1.10. The van der Waals surface area contributed by atoms with Gasteiger partial charge in [-0.2, -0.15) is 5.26 Å². The van der Waals surface area contributed by atoms with Crippen molar-refractivity contribution < 1.29 is 4.21 Å². The minimum atomic E-state index is 0.235. The molecule has 0 fully saturated rings. The van der Waals surface area contributed by atoms with Crippen LogP contribution in [0.2, 0.25) is 0 Å². The highest BCUT2D eigenvalue weighted by Gasteiger charge is 2.13. The van der Waals surface area contributed by atoms with Crippen molar-refractivity contribution in [2.45, 2.75) is 6.92 Å². The third kappa shape index (κ3) is 0.890. The first kappa shape index (κ1) is 6.83. The number of rotatable bonds is 0. The van der Waals surface area contributed by atoms with Gasteiger partial charge in [0.25, 0.3) is 0 Å². The summed E-state index contributed by atoms with van der Waals surface area (Å²) in [5.41, 5.74) is 0.806. The van der Waals surface area contributed by atoms with Crippen LogP contribution in [0.3, 0.4) is 0 Å². The molecule has 0 aliphatic carbocycles. The molecule has 5 heteroatoms. The van der Waals surface area contributed by atoms with Crippen molar-refractivity contribution in [3.63, 3.8) is 0 Å². The minimum absolute atomic E-state index is 0.235. The molecule has 0 aromatic carbocycles. The van der Waals surface area contributed by atoms with E-state index in [2.05, 4.69) is 10.2 Å². The summed E-state index contributed by atoms with van der Waals surface area (Å²) in [7, 11) is 0. The summed E-state index contributed by atoms with van der Waals surface area (Å²) in [6.07, 6.45) is 0. The number of hydrogen-bond donors (Lipinski definition) is 0. The number of azo groups is 1. The maximum absolute atomic E-state index is 10.2. The highest BCUT2D eigenvalue weighted by molar-refractivity contribution is 7.67. The molecule has 0 saturated heterocycles. The second kappa shape index (κ2) is 2.54. The molecule has 0 unspecified atom stereocenters. The van der Waals surface area contributed by atoms with Crippen molar-refractivity contribution in [1.82, 2.24) is 0 Å². The molecule has 50 valence electrons. The normalized spacial score (nSPS) is 15.8. The quantitative estimate of drug-likeness (QED) is 0.478. The lowest BCUT2D eigenvalue weighted by Gasteiger charge is -1.82. The van der Waals surface area contributed by atoms with Gasteiger partial charge in [0.05, 0.1) is 0 Å². The van der Waals surface area contributed by atoms with E-state index >= 15 is 0 Å². The topological polar surface area (TPSA) is 65.6 Å². The summed E-state index contributed by atoms with van der Waals surface area (Å²) < 4.78 is 10.2. The van der Waals surface area contributed by atoms with Gasteiger partial charge >= 0.3 is 0 Å². The van der Waals surface area contributed by atoms with Crippen molar-refractivity contribution in [3.05, 3.63) is 11.3 Å². The standard InChI is InChI=1S/C5H3N3OS/c1-3-4(2-6)7-8-5(3)10-9/h1H3. The first-order valence-electron chi connectivity index (χ1n) is 2.49. The van der Waals surface area contributed by atoms with Gasteiger partial charge < -0.3 is 0 Å². The highest BCUT2D eigenvalue weighted by Crippen LogP contribution is 2.14. The number of nitrogens with zero attached hydrogens (tertiary/aromatic N) is 3. The van der Waals surface area contributed by atoms with Crippen molar-refractivity contribution in [2.24, 2.45) is 10.2 Å². The monoisotopic (exact) mass is 153 g/mol. The zero-order chi connectivity index (χ0) is 7.56. The van der Waals surface area contributed by atoms with Gasteiger partial charge in [-0.25, -0.2) is 4.21 Å². The molecule has 0 amide bonds. The highest BCUT2D eigenvalue weighted by atomic mass is 32.1. The Morgan fingerprint density at radius 3 is 2.60 bits per heavy atom. The van der Waals surface area contributed by atoms with E-state index in [0.29, 0.717) is 5.57 Å². The van der Waals surface area contributed by atoms with Gasteiger partial charge in [-0.3, -0.25) is 0 Å². The molecule has 0 saturated carbocycles. The largest absolute Gasteiger partial charge is 0.210 e. The zero-order valence-corrected chi connectivity index (χ0v) is 5.97. The van der Waals surface area contributed by atoms with E-state index in [0.717, 1.165) is 0 Å². The fourth-order valence-electron chi connectivity index (χ4n) is 0.532. The SMILES string of the molecule is CC1=C(C#N)N=NC1=S=O. The van der Waals surface area contributed by atoms with Crippen LogP contribution in [-0.4, -0.2) is 9.20 Å². The van der Waals surface area contributed by atoms with E-state index < -0.39 is 0 Å². The fraction of sp³-hybridized carbons (Fsp3) is 0.200. The Kier molecular flexibility index (Phi) is 1.73. The average molecular weight is 153 g/mol. The van der Waals surface area contributed by atoms with E-state index in [-0.39, 0.29) is 21.9 Å². The Balaban J connectivity index is 3.22. The maximum atomic E-state index is 10.2. The van der Waals surface area contributed by atoms with E-state index in [9.17, 15) is 4.21 Å². The van der Waals surface area contributed by atoms with Crippen molar-refractivity contribution in [1.29, 1.82) is 5.26 Å². The molecule has 0 bridgehead atoms. The van der Waals surface area contributed by atoms with Crippen LogP contribution in [-0.2, 0) is 11.3 Å². The Hall–Kier alpha value is -1.28. The summed E-state index contributed by atoms with van der Waals surface area (Å²) in [6, 6.07) is 1.82. The molecule has 1 aliphatic rings. The van der Waals surface area contributed by atoms with Gasteiger partial charge in [-0.1, -0.05) is 0 Å². The Bertz CT molecular complexity index is 316. The molecule has 1 aliphatic heterocycles. The predicted octanol–water partition coefficient (Wildman–Crippen LogP) is 0.593. The van der Waals surface area contributed by atoms with Gasteiger partial charge in [-0.05, 0) is 6.92 Å². The average Bonchev–Trinajstić information content (AvgIpc) is 2.30. The second-order valence-electron chi connectivity index (χ2n) is 1.67. The molecule has 1 rings (SSSR count). The Morgan fingerprint density at radius 1 is 1.60 bits per heavy atom. The number of nitriles is 1. The van der Waals surface area contributed by atoms with E-state index in [1.165, 1.54) is 0 Å². The van der Waals surface area contributed by atoms with Gasteiger partial charge in [0.15, 0.2) is 10.7 Å². The van der Waals surface area contributed by atoms with Crippen LogP contribution in [0.1, 0.15) is 6.92 Å². The van der Waals surface area contributed by atoms with Crippen LogP contribution in [0.5, 0.6) is 0 Å². The molecule has 0 spiro atoms. The predicted molar refractivity (Wildman–Crippen MR) is 36.3 cm³/mol. The van der Waals surface area contributed by atoms with Crippen molar-refractivity contribution in [2.75, 3.05) is 0 Å². The number of hydrogen-bond acceptors (Lipinski definition) is 3. The van der Waals surface area contributed by atoms with Crippen LogP contribution in [0.25, 0.3) is 0 Å². The van der Waals surface area contributed by atoms with E-state index in [4.69, 9.17) is 5.26 Å². The van der Waals surface area contributed by atoms with E-state index in [1.807, 2.05) is 6.07 Å². The minimum Gasteiger partial charge on any atom is -0.210 e. The second-order valence-corrected chi connectivity index (χ2v) is 2.23. The molecule has 0 aromatic heterocycles. The molecule has 0 N–H and O–H groups in total. The lowest BCUT2D eigenvalue weighted by atomic mass is 10.3. The first-order valence-corrected chi connectivity index (χ1v) is 3.23. The Morgan fingerprint density at radius 2 is 2.30 bits per heavy atom. The van der Waals surface area contributed by atoms with Crippen LogP contribution in [0, 0.1) is 11.3 Å². The van der Waals surface area contributed by atoms with Crippen molar-refractivity contribution >= 4 is 16.2 Å². The van der Waals surface area contributed by atoms with Crippen molar-refractivity contribution in [3.8, 4) is 6.07 Å². The van der Waals surface area contributed by atoms with Gasteiger partial charge in [0.2, 0.25) is 0 Å². The van der Waals surface area contributed by atoms with Crippen LogP contribution in [0.4, 0.5) is 0 Å². The Labute approximate surface area is 61.0 Å². The molecule has 0 aromatic rings. The lowest BCUT2D eigenvalue weighted by Crippen LogP contribution is -1.90. The summed E-state index contributed by atoms with van der Waals surface area (Å²) in [4.78, 5) is 0.288. The van der Waals surface area contributed by atoms with Crippen LogP contribution < -0.4 is 0 Å². The molecule has 10 heavy (non-hydrogen) atoms.